The van der Waals surface area contributed by atoms with Gasteiger partial charge in [0, 0.05) is 7.05 Å². The molecule has 0 aliphatic rings. The summed E-state index contributed by atoms with van der Waals surface area (Å²) >= 11 is 0. The van der Waals surface area contributed by atoms with E-state index < -0.39 is 11.6 Å². The van der Waals surface area contributed by atoms with Gasteiger partial charge in [-0.05, 0) is 12.1 Å². The van der Waals surface area contributed by atoms with Gasteiger partial charge in [0.1, 0.15) is 0 Å². The van der Waals surface area contributed by atoms with Gasteiger partial charge in [0.15, 0.2) is 11.6 Å². The second-order valence-electron chi connectivity index (χ2n) is 2.22. The zero-order chi connectivity index (χ0) is 9.14. The normalized spacial score (nSPS) is 9.58. The lowest BCUT2D eigenvalue weighted by Gasteiger charge is -2.09. The van der Waals surface area contributed by atoms with Gasteiger partial charge in [-0.15, -0.1) is 0 Å². The average molecular weight is 170 g/mol. The number of halogens is 2. The highest BCUT2D eigenvalue weighted by atomic mass is 19.2. The Bertz CT molecular complexity index is 301. The highest BCUT2D eigenvalue weighted by molar-refractivity contribution is 5.74. The highest BCUT2D eigenvalue weighted by Crippen LogP contribution is 2.18. The quantitative estimate of drug-likeness (QED) is 0.615. The van der Waals surface area contributed by atoms with E-state index in [0.29, 0.717) is 0 Å². The molecule has 1 rings (SSSR count). The third kappa shape index (κ3) is 1.42. The zero-order valence-electron chi connectivity index (χ0n) is 6.34. The molecule has 0 saturated carbocycles. The van der Waals surface area contributed by atoms with E-state index in [9.17, 15) is 13.6 Å². The van der Waals surface area contributed by atoms with E-state index in [2.05, 4.69) is 0 Å². The zero-order valence-corrected chi connectivity index (χ0v) is 6.34. The molecule has 0 N–H and O–H groups in total. The lowest BCUT2D eigenvalue weighted by atomic mass is 10.3. The van der Waals surface area contributed by atoms with Gasteiger partial charge in [0.25, 0.3) is 0 Å². The number of hydrogen-bond donors (Lipinski definition) is 0. The Hall–Kier alpha value is -1.45. The molecule has 0 unspecified atom stereocenters. The number of amides is 1. The topological polar surface area (TPSA) is 20.3 Å². The molecule has 0 fully saturated rings. The monoisotopic (exact) mass is 170 g/mol. The van der Waals surface area contributed by atoms with Crippen LogP contribution >= 0.6 is 0 Å². The first-order valence-electron chi connectivity index (χ1n) is 3.22. The Morgan fingerprint density at radius 2 is 2.08 bits per heavy atom. The maximum absolute atomic E-state index is 12.8. The molecule has 63 valence electrons. The van der Waals surface area contributed by atoms with Crippen LogP contribution in [0.2, 0.25) is 0 Å². The van der Waals surface area contributed by atoms with E-state index >= 15 is 0 Å². The van der Waals surface area contributed by atoms with Gasteiger partial charge in [-0.1, -0.05) is 6.07 Å². The molecule has 0 atom stereocenters. The van der Waals surface area contributed by atoms with E-state index in [1.807, 2.05) is 0 Å². The number of hydrogen-bond acceptors (Lipinski definition) is 1. The maximum atomic E-state index is 12.8. The predicted octanol–water partition coefficient (Wildman–Crippen LogP) is 1.47. The highest BCUT2D eigenvalue weighted by Gasteiger charge is 2.10. The number of benzene rings is 1. The standard InChI is InChI=1S/C8H6F2NO/c1-11(5-12)7-4-2-3-6(9)8(7)10/h2-4H,1H3. The van der Waals surface area contributed by atoms with Gasteiger partial charge in [-0.25, -0.2) is 8.78 Å². The molecule has 1 radical (unpaired) electrons. The summed E-state index contributed by atoms with van der Waals surface area (Å²) in [5.74, 6) is -2.02. The van der Waals surface area contributed by atoms with Crippen molar-refractivity contribution in [1.29, 1.82) is 0 Å². The molecule has 0 bridgehead atoms. The summed E-state index contributed by atoms with van der Waals surface area (Å²) in [6.45, 7) is 0. The maximum Gasteiger partial charge on any atom is 0.316 e. The van der Waals surface area contributed by atoms with Crippen LogP contribution in [0.4, 0.5) is 14.5 Å². The van der Waals surface area contributed by atoms with Crippen molar-refractivity contribution in [3.8, 4) is 0 Å². The van der Waals surface area contributed by atoms with Gasteiger partial charge in [-0.2, -0.15) is 0 Å². The molecule has 1 amide bonds. The fourth-order valence-corrected chi connectivity index (χ4v) is 0.801. The summed E-state index contributed by atoms with van der Waals surface area (Å²) in [7, 11) is 1.30. The van der Waals surface area contributed by atoms with Crippen molar-refractivity contribution in [2.24, 2.45) is 0 Å². The van der Waals surface area contributed by atoms with Gasteiger partial charge >= 0.3 is 6.41 Å². The van der Waals surface area contributed by atoms with Gasteiger partial charge in [0.2, 0.25) is 0 Å². The van der Waals surface area contributed by atoms with Gasteiger partial charge in [0.05, 0.1) is 5.69 Å². The number of carbonyl (C=O) groups excluding carboxylic acids is 1. The van der Waals surface area contributed by atoms with Crippen molar-refractivity contribution in [1.82, 2.24) is 0 Å². The van der Waals surface area contributed by atoms with Gasteiger partial charge < -0.3 is 4.90 Å². The Balaban J connectivity index is 3.15. The van der Waals surface area contributed by atoms with E-state index in [1.54, 1.807) is 0 Å². The van der Waals surface area contributed by atoms with Crippen molar-refractivity contribution in [2.75, 3.05) is 11.9 Å². The minimum atomic E-state index is -1.04. The van der Waals surface area contributed by atoms with Crippen LogP contribution in [0.3, 0.4) is 0 Å². The predicted molar refractivity (Wildman–Crippen MR) is 40.5 cm³/mol. The number of rotatable bonds is 2. The minimum Gasteiger partial charge on any atom is -0.304 e. The summed E-state index contributed by atoms with van der Waals surface area (Å²) in [6.07, 6.45) is 1.43. The Kier molecular flexibility index (Phi) is 2.38. The van der Waals surface area contributed by atoms with E-state index in [-0.39, 0.29) is 5.69 Å². The third-order valence-corrected chi connectivity index (χ3v) is 1.43. The molecule has 12 heavy (non-hydrogen) atoms. The Labute approximate surface area is 68.4 Å². The average Bonchev–Trinajstić information content (AvgIpc) is 2.08. The van der Waals surface area contributed by atoms with Crippen molar-refractivity contribution >= 4 is 12.1 Å². The van der Waals surface area contributed by atoms with Crippen LogP contribution in [-0.4, -0.2) is 13.5 Å². The molecule has 0 aliphatic carbocycles. The first-order valence-corrected chi connectivity index (χ1v) is 3.22. The lowest BCUT2D eigenvalue weighted by Crippen LogP contribution is -2.15. The molecule has 0 spiro atoms. The van der Waals surface area contributed by atoms with Crippen LogP contribution < -0.4 is 4.90 Å². The van der Waals surface area contributed by atoms with Crippen molar-refractivity contribution in [3.05, 3.63) is 29.8 Å². The molecule has 2 nitrogen and oxygen atoms in total. The molecule has 0 heterocycles. The lowest BCUT2D eigenvalue weighted by molar-refractivity contribution is 0.508. The first-order chi connectivity index (χ1) is 5.66. The second-order valence-corrected chi connectivity index (χ2v) is 2.22. The van der Waals surface area contributed by atoms with Crippen LogP contribution in [0.25, 0.3) is 0 Å². The molecule has 0 aliphatic heterocycles. The van der Waals surface area contributed by atoms with Crippen LogP contribution in [0.1, 0.15) is 0 Å². The molecule has 1 aromatic rings. The largest absolute Gasteiger partial charge is 0.316 e. The first kappa shape index (κ1) is 8.64. The summed E-state index contributed by atoms with van der Waals surface area (Å²) < 4.78 is 25.4. The summed E-state index contributed by atoms with van der Waals surface area (Å²) in [4.78, 5) is 10.9. The fraction of sp³-hybridized carbons (Fsp3) is 0.125. The Morgan fingerprint density at radius 3 is 2.67 bits per heavy atom. The molecular formula is C8H6F2NO. The smallest absolute Gasteiger partial charge is 0.304 e. The van der Waals surface area contributed by atoms with E-state index in [0.717, 1.165) is 11.0 Å². The second kappa shape index (κ2) is 3.30. The summed E-state index contributed by atoms with van der Waals surface area (Å²) in [5.41, 5.74) is -0.120. The molecule has 4 heteroatoms. The van der Waals surface area contributed by atoms with Crippen molar-refractivity contribution in [3.63, 3.8) is 0 Å². The van der Waals surface area contributed by atoms with Crippen molar-refractivity contribution in [2.45, 2.75) is 0 Å². The molecule has 0 aromatic heterocycles. The minimum absolute atomic E-state index is 0.120. The SMILES string of the molecule is CN([C]=O)c1cccc(F)c1F. The van der Waals surface area contributed by atoms with Crippen LogP contribution in [0.15, 0.2) is 18.2 Å². The number of anilines is 1. The van der Waals surface area contributed by atoms with Crippen molar-refractivity contribution < 1.29 is 13.6 Å². The molecular weight excluding hydrogens is 164 g/mol. The van der Waals surface area contributed by atoms with E-state index in [4.69, 9.17) is 0 Å². The Morgan fingerprint density at radius 1 is 1.42 bits per heavy atom. The number of nitrogens with zero attached hydrogens (tertiary/aromatic N) is 1. The fourth-order valence-electron chi connectivity index (χ4n) is 0.801. The van der Waals surface area contributed by atoms with E-state index in [1.165, 1.54) is 25.6 Å². The summed E-state index contributed by atoms with van der Waals surface area (Å²) in [5, 5.41) is 0. The summed E-state index contributed by atoms with van der Waals surface area (Å²) in [6, 6.07) is 3.60. The van der Waals surface area contributed by atoms with Crippen LogP contribution in [0.5, 0.6) is 0 Å². The molecule has 0 saturated heterocycles. The van der Waals surface area contributed by atoms with Crippen LogP contribution in [0, 0.1) is 11.6 Å². The van der Waals surface area contributed by atoms with Crippen LogP contribution in [-0.2, 0) is 4.79 Å². The third-order valence-electron chi connectivity index (χ3n) is 1.43. The van der Waals surface area contributed by atoms with Gasteiger partial charge in [-0.3, -0.25) is 4.79 Å². The molecule has 1 aromatic carbocycles.